The smallest absolute Gasteiger partial charge is 0.333 e. The average molecular weight is 379 g/mol. The van der Waals surface area contributed by atoms with E-state index in [2.05, 4.69) is 16.7 Å². The van der Waals surface area contributed by atoms with Crippen molar-refractivity contribution in [1.82, 2.24) is 18.9 Å². The second-order valence-electron chi connectivity index (χ2n) is 8.36. The molecule has 0 aliphatic carbocycles. The van der Waals surface area contributed by atoms with Gasteiger partial charge in [0.05, 0.1) is 19.0 Å². The molecule has 0 aromatic carbocycles. The summed E-state index contributed by atoms with van der Waals surface area (Å²) in [4.78, 5) is 17.8. The molecule has 0 unspecified atom stereocenters. The van der Waals surface area contributed by atoms with Gasteiger partial charge >= 0.3 is 5.69 Å². The SMILES string of the molecule is CCCCCCc1c(O)n(CN2CCCCC2)c(=O)n1CN1CCCCC1. The predicted molar refractivity (Wildman–Crippen MR) is 109 cm³/mol. The molecule has 2 fully saturated rings. The Morgan fingerprint density at radius 3 is 1.89 bits per heavy atom. The van der Waals surface area contributed by atoms with Crippen LogP contribution in [0.25, 0.3) is 0 Å². The van der Waals surface area contributed by atoms with Gasteiger partial charge in [-0.05, 0) is 64.7 Å². The van der Waals surface area contributed by atoms with Crippen LogP contribution in [0.5, 0.6) is 5.88 Å². The predicted octanol–water partition coefficient (Wildman–Crippen LogP) is 3.37. The third kappa shape index (κ3) is 5.38. The normalized spacial score (nSPS) is 19.6. The van der Waals surface area contributed by atoms with Crippen LogP contribution in [-0.4, -0.2) is 50.2 Å². The molecule has 0 atom stereocenters. The summed E-state index contributed by atoms with van der Waals surface area (Å²) < 4.78 is 3.47. The highest BCUT2D eigenvalue weighted by Gasteiger charge is 2.23. The molecule has 1 aromatic heterocycles. The van der Waals surface area contributed by atoms with Crippen molar-refractivity contribution in [2.75, 3.05) is 26.2 Å². The Labute approximate surface area is 163 Å². The zero-order chi connectivity index (χ0) is 19.1. The Hall–Kier alpha value is -1.27. The molecule has 2 aliphatic rings. The fourth-order valence-electron chi connectivity index (χ4n) is 4.47. The average Bonchev–Trinajstić information content (AvgIpc) is 2.91. The molecule has 6 heteroatoms. The minimum Gasteiger partial charge on any atom is -0.493 e. The maximum absolute atomic E-state index is 13.2. The largest absolute Gasteiger partial charge is 0.493 e. The fourth-order valence-corrected chi connectivity index (χ4v) is 4.47. The standard InChI is InChI=1S/C21H38N4O2/c1-2-3-4-7-12-19-20(26)25(18-23-15-10-6-11-16-23)21(27)24(19)17-22-13-8-5-9-14-22/h26H,2-18H2,1H3. The summed E-state index contributed by atoms with van der Waals surface area (Å²) in [6, 6.07) is 0. The number of nitrogens with zero attached hydrogens (tertiary/aromatic N) is 4. The van der Waals surface area contributed by atoms with Gasteiger partial charge in [-0.1, -0.05) is 39.0 Å². The lowest BCUT2D eigenvalue weighted by atomic mass is 10.1. The monoisotopic (exact) mass is 378 g/mol. The summed E-state index contributed by atoms with van der Waals surface area (Å²) in [6.07, 6.45) is 12.8. The summed E-state index contributed by atoms with van der Waals surface area (Å²) in [7, 11) is 0. The number of imidazole rings is 1. The maximum Gasteiger partial charge on any atom is 0.333 e. The number of piperidine rings is 2. The molecule has 3 rings (SSSR count). The number of likely N-dealkylation sites (tertiary alicyclic amines) is 2. The summed E-state index contributed by atoms with van der Waals surface area (Å²) >= 11 is 0. The number of hydrogen-bond donors (Lipinski definition) is 1. The molecule has 27 heavy (non-hydrogen) atoms. The Balaban J connectivity index is 1.78. The van der Waals surface area contributed by atoms with Crippen LogP contribution in [-0.2, 0) is 19.8 Å². The van der Waals surface area contributed by atoms with Gasteiger partial charge in [0.25, 0.3) is 0 Å². The van der Waals surface area contributed by atoms with Crippen LogP contribution in [0.2, 0.25) is 0 Å². The zero-order valence-electron chi connectivity index (χ0n) is 17.2. The van der Waals surface area contributed by atoms with Crippen LogP contribution < -0.4 is 5.69 Å². The van der Waals surface area contributed by atoms with E-state index in [0.29, 0.717) is 13.3 Å². The van der Waals surface area contributed by atoms with E-state index in [1.54, 1.807) is 4.57 Å². The van der Waals surface area contributed by atoms with Gasteiger partial charge < -0.3 is 5.11 Å². The zero-order valence-corrected chi connectivity index (χ0v) is 17.2. The molecule has 1 aromatic rings. The minimum absolute atomic E-state index is 0.0332. The van der Waals surface area contributed by atoms with E-state index in [4.69, 9.17) is 0 Å². The Kier molecular flexibility index (Phi) is 7.82. The third-order valence-corrected chi connectivity index (χ3v) is 6.15. The number of rotatable bonds is 9. The fraction of sp³-hybridized carbons (Fsp3) is 0.857. The van der Waals surface area contributed by atoms with Crippen molar-refractivity contribution < 1.29 is 5.11 Å². The van der Waals surface area contributed by atoms with Crippen molar-refractivity contribution in [3.8, 4) is 5.88 Å². The topological polar surface area (TPSA) is 53.6 Å². The molecule has 0 saturated carbocycles. The quantitative estimate of drug-likeness (QED) is 0.670. The van der Waals surface area contributed by atoms with E-state index in [1.807, 2.05) is 4.57 Å². The Morgan fingerprint density at radius 2 is 1.33 bits per heavy atom. The summed E-state index contributed by atoms with van der Waals surface area (Å²) in [5.74, 6) is 0.207. The molecule has 3 heterocycles. The molecule has 1 N–H and O–H groups in total. The second kappa shape index (κ2) is 10.3. The van der Waals surface area contributed by atoms with Gasteiger partial charge in [0, 0.05) is 0 Å². The lowest BCUT2D eigenvalue weighted by molar-refractivity contribution is 0.165. The Bertz CT molecular complexity index is 625. The van der Waals surface area contributed by atoms with E-state index in [-0.39, 0.29) is 11.6 Å². The highest BCUT2D eigenvalue weighted by molar-refractivity contribution is 5.21. The van der Waals surface area contributed by atoms with Crippen LogP contribution in [0.3, 0.4) is 0 Å². The molecule has 0 spiro atoms. The van der Waals surface area contributed by atoms with Gasteiger partial charge in [-0.2, -0.15) is 0 Å². The molecule has 0 bridgehead atoms. The van der Waals surface area contributed by atoms with Gasteiger partial charge in [0.2, 0.25) is 5.88 Å². The van der Waals surface area contributed by atoms with Crippen LogP contribution >= 0.6 is 0 Å². The first-order valence-electron chi connectivity index (χ1n) is 11.2. The first-order chi connectivity index (χ1) is 13.2. The van der Waals surface area contributed by atoms with E-state index in [1.165, 1.54) is 51.4 Å². The molecule has 0 radical (unpaired) electrons. The van der Waals surface area contributed by atoms with E-state index in [0.717, 1.165) is 51.1 Å². The molecular weight excluding hydrogens is 340 g/mol. The first kappa shape index (κ1) is 20.5. The first-order valence-corrected chi connectivity index (χ1v) is 11.2. The highest BCUT2D eigenvalue weighted by atomic mass is 16.3. The molecular formula is C21H38N4O2. The van der Waals surface area contributed by atoms with Gasteiger partial charge in [0.15, 0.2) is 0 Å². The van der Waals surface area contributed by atoms with Gasteiger partial charge in [-0.15, -0.1) is 0 Å². The summed E-state index contributed by atoms with van der Waals surface area (Å²) in [5, 5.41) is 10.9. The maximum atomic E-state index is 13.2. The van der Waals surface area contributed by atoms with E-state index < -0.39 is 0 Å². The number of unbranched alkanes of at least 4 members (excludes halogenated alkanes) is 3. The Morgan fingerprint density at radius 1 is 0.778 bits per heavy atom. The van der Waals surface area contributed by atoms with E-state index >= 15 is 0 Å². The molecule has 2 aliphatic heterocycles. The van der Waals surface area contributed by atoms with Gasteiger partial charge in [-0.3, -0.25) is 14.4 Å². The van der Waals surface area contributed by atoms with Crippen molar-refractivity contribution in [2.24, 2.45) is 0 Å². The van der Waals surface area contributed by atoms with Crippen molar-refractivity contribution in [3.63, 3.8) is 0 Å². The van der Waals surface area contributed by atoms with Crippen LogP contribution in [0.4, 0.5) is 0 Å². The lowest BCUT2D eigenvalue weighted by Crippen LogP contribution is -2.39. The molecule has 2 saturated heterocycles. The highest BCUT2D eigenvalue weighted by Crippen LogP contribution is 2.22. The van der Waals surface area contributed by atoms with Crippen LogP contribution in [0, 0.1) is 0 Å². The summed E-state index contributed by atoms with van der Waals surface area (Å²) in [6.45, 7) is 7.52. The number of aromatic hydroxyl groups is 1. The van der Waals surface area contributed by atoms with E-state index in [9.17, 15) is 9.90 Å². The lowest BCUT2D eigenvalue weighted by Gasteiger charge is -2.27. The minimum atomic E-state index is -0.0332. The molecule has 6 nitrogen and oxygen atoms in total. The molecule has 154 valence electrons. The number of hydrogen-bond acceptors (Lipinski definition) is 4. The van der Waals surface area contributed by atoms with Crippen molar-refractivity contribution in [1.29, 1.82) is 0 Å². The number of aromatic nitrogens is 2. The van der Waals surface area contributed by atoms with Gasteiger partial charge in [0.1, 0.15) is 0 Å². The van der Waals surface area contributed by atoms with Crippen LogP contribution in [0.1, 0.15) is 76.8 Å². The van der Waals surface area contributed by atoms with Crippen LogP contribution in [0.15, 0.2) is 4.79 Å². The summed E-state index contributed by atoms with van der Waals surface area (Å²) in [5.41, 5.74) is 0.813. The van der Waals surface area contributed by atoms with Crippen molar-refractivity contribution in [3.05, 3.63) is 16.2 Å². The van der Waals surface area contributed by atoms with Gasteiger partial charge in [-0.25, -0.2) is 9.36 Å². The van der Waals surface area contributed by atoms with Crippen molar-refractivity contribution >= 4 is 0 Å². The third-order valence-electron chi connectivity index (χ3n) is 6.15. The second-order valence-corrected chi connectivity index (χ2v) is 8.36. The van der Waals surface area contributed by atoms with Crippen molar-refractivity contribution in [2.45, 2.75) is 90.9 Å². The molecule has 0 amide bonds.